The molecule has 1 heterocycles. The van der Waals surface area contributed by atoms with Gasteiger partial charge >= 0.3 is 0 Å². The van der Waals surface area contributed by atoms with Crippen molar-refractivity contribution in [1.82, 2.24) is 10.2 Å². The highest BCUT2D eigenvalue weighted by Gasteiger charge is 2.14. The summed E-state index contributed by atoms with van der Waals surface area (Å²) < 4.78 is 0. The molecule has 1 atom stereocenters. The Morgan fingerprint density at radius 1 is 1.19 bits per heavy atom. The molecular weight excluding hydrogens is 202 g/mol. The topological polar surface area (TPSA) is 69.5 Å². The summed E-state index contributed by atoms with van der Waals surface area (Å²) in [7, 11) is 0. The number of nitriles is 1. The van der Waals surface area contributed by atoms with Crippen LogP contribution in [-0.4, -0.2) is 10.2 Å². The third kappa shape index (κ3) is 1.98. The largest absolute Gasteiger partial charge is 0.268 e. The molecule has 0 radical (unpaired) electrons. The fourth-order valence-electron chi connectivity index (χ4n) is 1.47. The van der Waals surface area contributed by atoms with E-state index < -0.39 is 5.92 Å². The molecule has 0 aliphatic rings. The number of nitrogens with one attached hydrogen (secondary N) is 1. The summed E-state index contributed by atoms with van der Waals surface area (Å²) >= 11 is 0. The molecule has 78 valence electrons. The van der Waals surface area contributed by atoms with Crippen LogP contribution in [0.3, 0.4) is 0 Å². The maximum atomic E-state index is 10.9. The second-order valence-corrected chi connectivity index (χ2v) is 3.32. The number of hydrogen-bond donors (Lipinski definition) is 1. The van der Waals surface area contributed by atoms with Crippen LogP contribution in [0.4, 0.5) is 0 Å². The minimum absolute atomic E-state index is 0.270. The standard InChI is InChI=1S/C12H9N3O/c13-8-10(9-4-2-1-3-5-9)11-6-7-12(16)15-14-11/h1-7,10H,(H,15,16)/t10-/m0/s1. The van der Waals surface area contributed by atoms with E-state index in [1.807, 2.05) is 30.3 Å². The van der Waals surface area contributed by atoms with Crippen molar-refractivity contribution in [2.24, 2.45) is 0 Å². The van der Waals surface area contributed by atoms with Crippen molar-refractivity contribution in [1.29, 1.82) is 5.26 Å². The van der Waals surface area contributed by atoms with Crippen LogP contribution in [0.25, 0.3) is 0 Å². The first-order chi connectivity index (χ1) is 7.81. The van der Waals surface area contributed by atoms with Crippen molar-refractivity contribution < 1.29 is 0 Å². The molecule has 2 rings (SSSR count). The van der Waals surface area contributed by atoms with Crippen LogP contribution in [0, 0.1) is 11.3 Å². The van der Waals surface area contributed by atoms with Gasteiger partial charge < -0.3 is 0 Å². The number of hydrogen-bond acceptors (Lipinski definition) is 3. The van der Waals surface area contributed by atoms with Crippen molar-refractivity contribution in [2.45, 2.75) is 5.92 Å². The molecule has 4 nitrogen and oxygen atoms in total. The zero-order chi connectivity index (χ0) is 11.4. The predicted molar refractivity (Wildman–Crippen MR) is 58.8 cm³/mol. The van der Waals surface area contributed by atoms with Gasteiger partial charge in [0.25, 0.3) is 5.56 Å². The van der Waals surface area contributed by atoms with Gasteiger partial charge in [-0.2, -0.15) is 10.4 Å². The molecule has 0 saturated heterocycles. The SMILES string of the molecule is N#C[C@@H](c1ccccc1)c1ccc(=O)[nH]n1. The van der Waals surface area contributed by atoms with Gasteiger partial charge in [0.2, 0.25) is 0 Å². The summed E-state index contributed by atoms with van der Waals surface area (Å²) in [5, 5.41) is 15.3. The summed E-state index contributed by atoms with van der Waals surface area (Å²) in [5.74, 6) is -0.446. The first-order valence-corrected chi connectivity index (χ1v) is 4.81. The Labute approximate surface area is 92.2 Å². The van der Waals surface area contributed by atoms with Crippen LogP contribution < -0.4 is 5.56 Å². The second kappa shape index (κ2) is 4.41. The van der Waals surface area contributed by atoms with E-state index in [1.165, 1.54) is 6.07 Å². The van der Waals surface area contributed by atoms with E-state index >= 15 is 0 Å². The van der Waals surface area contributed by atoms with Gasteiger partial charge in [0, 0.05) is 6.07 Å². The number of nitrogens with zero attached hydrogens (tertiary/aromatic N) is 2. The molecule has 0 saturated carbocycles. The van der Waals surface area contributed by atoms with Gasteiger partial charge in [-0.15, -0.1) is 0 Å². The first kappa shape index (κ1) is 10.1. The van der Waals surface area contributed by atoms with Crippen LogP contribution in [0.1, 0.15) is 17.2 Å². The van der Waals surface area contributed by atoms with E-state index in [1.54, 1.807) is 6.07 Å². The quantitative estimate of drug-likeness (QED) is 0.816. The minimum atomic E-state index is -0.446. The Hall–Kier alpha value is -2.41. The molecule has 0 unspecified atom stereocenters. The molecule has 0 fully saturated rings. The van der Waals surface area contributed by atoms with Crippen molar-refractivity contribution in [3.63, 3.8) is 0 Å². The third-order valence-electron chi connectivity index (χ3n) is 2.26. The van der Waals surface area contributed by atoms with Gasteiger partial charge in [-0.1, -0.05) is 30.3 Å². The number of benzene rings is 1. The Morgan fingerprint density at radius 3 is 2.50 bits per heavy atom. The van der Waals surface area contributed by atoms with Gasteiger partial charge in [-0.3, -0.25) is 4.79 Å². The van der Waals surface area contributed by atoms with Gasteiger partial charge in [-0.05, 0) is 11.6 Å². The van der Waals surface area contributed by atoms with Crippen LogP contribution in [0.2, 0.25) is 0 Å². The van der Waals surface area contributed by atoms with Gasteiger partial charge in [0.05, 0.1) is 11.8 Å². The van der Waals surface area contributed by atoms with Gasteiger partial charge in [0.1, 0.15) is 5.92 Å². The van der Waals surface area contributed by atoms with Crippen molar-refractivity contribution in [3.05, 3.63) is 64.1 Å². The van der Waals surface area contributed by atoms with Crippen LogP contribution >= 0.6 is 0 Å². The van der Waals surface area contributed by atoms with Gasteiger partial charge in [-0.25, -0.2) is 5.10 Å². The number of H-pyrrole nitrogens is 1. The van der Waals surface area contributed by atoms with Crippen molar-refractivity contribution in [2.75, 3.05) is 0 Å². The van der Waals surface area contributed by atoms with E-state index in [9.17, 15) is 4.79 Å². The van der Waals surface area contributed by atoms with E-state index in [4.69, 9.17) is 5.26 Å². The molecule has 2 aromatic rings. The second-order valence-electron chi connectivity index (χ2n) is 3.32. The zero-order valence-corrected chi connectivity index (χ0v) is 8.42. The molecule has 1 aromatic carbocycles. The van der Waals surface area contributed by atoms with E-state index in [0.29, 0.717) is 5.69 Å². The fraction of sp³-hybridized carbons (Fsp3) is 0.0833. The van der Waals surface area contributed by atoms with Crippen molar-refractivity contribution in [3.8, 4) is 6.07 Å². The third-order valence-corrected chi connectivity index (χ3v) is 2.26. The maximum absolute atomic E-state index is 10.9. The Kier molecular flexibility index (Phi) is 2.79. The molecule has 0 aliphatic carbocycles. The Bertz CT molecular complexity index is 548. The molecular formula is C12H9N3O. The highest BCUT2D eigenvalue weighted by atomic mass is 16.1. The monoisotopic (exact) mass is 211 g/mol. The average Bonchev–Trinajstić information content (AvgIpc) is 2.34. The summed E-state index contributed by atoms with van der Waals surface area (Å²) in [4.78, 5) is 10.9. The van der Waals surface area contributed by atoms with E-state index in [0.717, 1.165) is 5.56 Å². The lowest BCUT2D eigenvalue weighted by Crippen LogP contribution is -2.10. The molecule has 4 heteroatoms. The normalized spacial score (nSPS) is 11.7. The number of aromatic amines is 1. The Morgan fingerprint density at radius 2 is 1.94 bits per heavy atom. The smallest absolute Gasteiger partial charge is 0.264 e. The van der Waals surface area contributed by atoms with Crippen LogP contribution in [-0.2, 0) is 0 Å². The van der Waals surface area contributed by atoms with Crippen molar-refractivity contribution >= 4 is 0 Å². The molecule has 0 spiro atoms. The number of aromatic nitrogens is 2. The molecule has 1 N–H and O–H groups in total. The predicted octanol–water partition coefficient (Wildman–Crippen LogP) is 1.43. The minimum Gasteiger partial charge on any atom is -0.268 e. The summed E-state index contributed by atoms with van der Waals surface area (Å²) in [5.41, 5.74) is 1.14. The molecule has 1 aromatic heterocycles. The van der Waals surface area contributed by atoms with E-state index in [2.05, 4.69) is 16.3 Å². The highest BCUT2D eigenvalue weighted by Crippen LogP contribution is 2.20. The molecule has 0 bridgehead atoms. The zero-order valence-electron chi connectivity index (χ0n) is 8.42. The molecule has 16 heavy (non-hydrogen) atoms. The lowest BCUT2D eigenvalue weighted by molar-refractivity contribution is 0.867. The Balaban J connectivity index is 2.42. The highest BCUT2D eigenvalue weighted by molar-refractivity contribution is 5.33. The lowest BCUT2D eigenvalue weighted by atomic mass is 9.97. The lowest BCUT2D eigenvalue weighted by Gasteiger charge is -2.07. The average molecular weight is 211 g/mol. The summed E-state index contributed by atoms with van der Waals surface area (Å²) in [6.07, 6.45) is 0. The fourth-order valence-corrected chi connectivity index (χ4v) is 1.47. The van der Waals surface area contributed by atoms with E-state index in [-0.39, 0.29) is 5.56 Å². The number of rotatable bonds is 2. The first-order valence-electron chi connectivity index (χ1n) is 4.81. The molecule has 0 amide bonds. The summed E-state index contributed by atoms with van der Waals surface area (Å²) in [6, 6.07) is 14.5. The maximum Gasteiger partial charge on any atom is 0.264 e. The molecule has 0 aliphatic heterocycles. The van der Waals surface area contributed by atoms with Crippen LogP contribution in [0.5, 0.6) is 0 Å². The summed E-state index contributed by atoms with van der Waals surface area (Å²) in [6.45, 7) is 0. The van der Waals surface area contributed by atoms with Gasteiger partial charge in [0.15, 0.2) is 0 Å². The van der Waals surface area contributed by atoms with Crippen LogP contribution in [0.15, 0.2) is 47.3 Å².